The summed E-state index contributed by atoms with van der Waals surface area (Å²) in [5.41, 5.74) is 1.67. The lowest BCUT2D eigenvalue weighted by atomic mass is 9.92. The summed E-state index contributed by atoms with van der Waals surface area (Å²) >= 11 is 0. The predicted molar refractivity (Wildman–Crippen MR) is 126 cm³/mol. The summed E-state index contributed by atoms with van der Waals surface area (Å²) in [5.74, 6) is -0.493. The highest BCUT2D eigenvalue weighted by Crippen LogP contribution is 2.31. The van der Waals surface area contributed by atoms with Crippen LogP contribution in [0.2, 0.25) is 0 Å². The number of benzene rings is 2. The molecule has 0 radical (unpaired) electrons. The average molecular weight is 463 g/mol. The van der Waals surface area contributed by atoms with Crippen LogP contribution in [0.5, 0.6) is 0 Å². The topological polar surface area (TPSA) is 98.8 Å². The second-order valence-electron chi connectivity index (χ2n) is 8.80. The lowest BCUT2D eigenvalue weighted by Crippen LogP contribution is -2.50. The molecule has 0 saturated carbocycles. The van der Waals surface area contributed by atoms with Crippen molar-refractivity contribution in [1.82, 2.24) is 20.4 Å². The van der Waals surface area contributed by atoms with E-state index in [9.17, 15) is 19.2 Å². The van der Waals surface area contributed by atoms with Crippen LogP contribution in [-0.4, -0.2) is 59.6 Å². The van der Waals surface area contributed by atoms with Gasteiger partial charge in [0.05, 0.1) is 12.1 Å². The monoisotopic (exact) mass is 462 g/mol. The molecule has 4 amide bonds. The summed E-state index contributed by atoms with van der Waals surface area (Å²) in [5, 5.41) is 6.24. The van der Waals surface area contributed by atoms with Gasteiger partial charge in [-0.2, -0.15) is 0 Å². The van der Waals surface area contributed by atoms with Gasteiger partial charge in [0, 0.05) is 13.1 Å². The van der Waals surface area contributed by atoms with E-state index in [-0.39, 0.29) is 11.8 Å². The maximum absolute atomic E-state index is 13.3. The summed E-state index contributed by atoms with van der Waals surface area (Å²) in [7, 11) is 0. The molecule has 2 aliphatic heterocycles. The number of nitrogens with zero attached hydrogens (tertiary/aromatic N) is 2. The summed E-state index contributed by atoms with van der Waals surface area (Å²) in [6, 6.07) is 16.8. The van der Waals surface area contributed by atoms with E-state index in [2.05, 4.69) is 10.6 Å². The number of rotatable bonds is 9. The maximum Gasteiger partial charge on any atom is 0.243 e. The standard InChI is InChI=1S/C26H30N4O4/c31-17-29-15-7-13-21(29)25(33)27-23(19-9-3-1-4-10-19)24(20-11-5-2-6-12-20)28-26(34)22-14-8-16-30(22)18-32/h1-6,9-12,17-18,21-24H,7-8,13-16H2,(H,27,33)(H,28,34)/t21-,22-,23-,24-/m0/s1. The van der Waals surface area contributed by atoms with E-state index in [4.69, 9.17) is 0 Å². The van der Waals surface area contributed by atoms with Gasteiger partial charge in [-0.15, -0.1) is 0 Å². The van der Waals surface area contributed by atoms with Gasteiger partial charge in [0.2, 0.25) is 24.6 Å². The number of carbonyl (C=O) groups excluding carboxylic acids is 4. The van der Waals surface area contributed by atoms with Gasteiger partial charge in [-0.3, -0.25) is 19.2 Å². The van der Waals surface area contributed by atoms with E-state index < -0.39 is 24.2 Å². The Morgan fingerprint density at radius 2 is 1.09 bits per heavy atom. The summed E-state index contributed by atoms with van der Waals surface area (Å²) in [4.78, 5) is 52.5. The Morgan fingerprint density at radius 1 is 0.706 bits per heavy atom. The molecule has 2 aromatic carbocycles. The molecule has 2 heterocycles. The van der Waals surface area contributed by atoms with Crippen LogP contribution in [0, 0.1) is 0 Å². The van der Waals surface area contributed by atoms with E-state index in [1.807, 2.05) is 60.7 Å². The molecule has 2 N–H and O–H groups in total. The van der Waals surface area contributed by atoms with E-state index in [0.29, 0.717) is 25.9 Å². The van der Waals surface area contributed by atoms with Crippen molar-refractivity contribution in [3.8, 4) is 0 Å². The minimum atomic E-state index is -0.569. The zero-order valence-electron chi connectivity index (χ0n) is 19.0. The van der Waals surface area contributed by atoms with Crippen molar-refractivity contribution in [2.45, 2.75) is 49.9 Å². The number of amides is 4. The van der Waals surface area contributed by atoms with Crippen LogP contribution in [0.4, 0.5) is 0 Å². The largest absolute Gasteiger partial charge is 0.345 e. The first kappa shape index (κ1) is 23.5. The molecule has 8 heteroatoms. The fourth-order valence-corrected chi connectivity index (χ4v) is 4.93. The molecule has 2 fully saturated rings. The number of hydrogen-bond acceptors (Lipinski definition) is 4. The van der Waals surface area contributed by atoms with Crippen molar-refractivity contribution in [1.29, 1.82) is 0 Å². The molecule has 0 unspecified atom stereocenters. The van der Waals surface area contributed by atoms with Crippen LogP contribution in [0.25, 0.3) is 0 Å². The first-order valence-electron chi connectivity index (χ1n) is 11.7. The number of likely N-dealkylation sites (tertiary alicyclic amines) is 2. The third kappa shape index (κ3) is 5.11. The van der Waals surface area contributed by atoms with Gasteiger partial charge >= 0.3 is 0 Å². The van der Waals surface area contributed by atoms with Crippen molar-refractivity contribution in [3.63, 3.8) is 0 Å². The van der Waals surface area contributed by atoms with Gasteiger partial charge in [-0.1, -0.05) is 60.7 Å². The predicted octanol–water partition coefficient (Wildman–Crippen LogP) is 1.94. The molecule has 178 valence electrons. The Hall–Kier alpha value is -3.68. The molecule has 0 bridgehead atoms. The van der Waals surface area contributed by atoms with E-state index in [0.717, 1.165) is 36.8 Å². The Bertz CT molecular complexity index is 919. The highest BCUT2D eigenvalue weighted by atomic mass is 16.2. The van der Waals surface area contributed by atoms with Crippen LogP contribution < -0.4 is 10.6 Å². The number of nitrogens with one attached hydrogen (secondary N) is 2. The third-order valence-electron chi connectivity index (χ3n) is 6.71. The Labute approximate surface area is 199 Å². The molecule has 0 aliphatic carbocycles. The number of carbonyl (C=O) groups is 4. The zero-order chi connectivity index (χ0) is 23.9. The van der Waals surface area contributed by atoms with Gasteiger partial charge in [-0.25, -0.2) is 0 Å². The smallest absolute Gasteiger partial charge is 0.243 e. The van der Waals surface area contributed by atoms with Gasteiger partial charge in [-0.05, 0) is 36.8 Å². The third-order valence-corrected chi connectivity index (χ3v) is 6.71. The molecule has 4 rings (SSSR count). The molecule has 8 nitrogen and oxygen atoms in total. The van der Waals surface area contributed by atoms with Crippen molar-refractivity contribution in [2.24, 2.45) is 0 Å². The van der Waals surface area contributed by atoms with Crippen LogP contribution >= 0.6 is 0 Å². The molecular weight excluding hydrogens is 432 g/mol. The first-order chi connectivity index (χ1) is 16.6. The van der Waals surface area contributed by atoms with Crippen LogP contribution in [0.15, 0.2) is 60.7 Å². The second-order valence-corrected chi connectivity index (χ2v) is 8.80. The molecular formula is C26H30N4O4. The van der Waals surface area contributed by atoms with Crippen LogP contribution in [0.1, 0.15) is 48.9 Å². The van der Waals surface area contributed by atoms with Crippen molar-refractivity contribution < 1.29 is 19.2 Å². The fourth-order valence-electron chi connectivity index (χ4n) is 4.93. The molecule has 4 atom stereocenters. The van der Waals surface area contributed by atoms with Crippen LogP contribution in [-0.2, 0) is 19.2 Å². The Kier molecular flexibility index (Phi) is 7.57. The normalized spacial score (nSPS) is 21.5. The maximum atomic E-state index is 13.3. The van der Waals surface area contributed by atoms with E-state index in [1.165, 1.54) is 9.80 Å². The molecule has 34 heavy (non-hydrogen) atoms. The fraction of sp³-hybridized carbons (Fsp3) is 0.385. The van der Waals surface area contributed by atoms with Gasteiger partial charge in [0.1, 0.15) is 12.1 Å². The van der Waals surface area contributed by atoms with Crippen LogP contribution in [0.3, 0.4) is 0 Å². The zero-order valence-corrected chi connectivity index (χ0v) is 19.0. The lowest BCUT2D eigenvalue weighted by Gasteiger charge is -2.33. The van der Waals surface area contributed by atoms with Crippen molar-refractivity contribution in [2.75, 3.05) is 13.1 Å². The lowest BCUT2D eigenvalue weighted by molar-refractivity contribution is -0.133. The highest BCUT2D eigenvalue weighted by molar-refractivity contribution is 5.86. The van der Waals surface area contributed by atoms with E-state index >= 15 is 0 Å². The molecule has 2 saturated heterocycles. The van der Waals surface area contributed by atoms with Crippen molar-refractivity contribution in [3.05, 3.63) is 71.8 Å². The number of hydrogen-bond donors (Lipinski definition) is 2. The van der Waals surface area contributed by atoms with E-state index in [1.54, 1.807) is 0 Å². The summed E-state index contributed by atoms with van der Waals surface area (Å²) in [6.45, 7) is 1.11. The average Bonchev–Trinajstić information content (AvgIpc) is 3.56. The van der Waals surface area contributed by atoms with Crippen molar-refractivity contribution >= 4 is 24.6 Å². The van der Waals surface area contributed by atoms with Gasteiger partial charge in [0.25, 0.3) is 0 Å². The molecule has 2 aromatic rings. The highest BCUT2D eigenvalue weighted by Gasteiger charge is 2.36. The Morgan fingerprint density at radius 3 is 1.44 bits per heavy atom. The summed E-state index contributed by atoms with van der Waals surface area (Å²) in [6.07, 6.45) is 4.19. The SMILES string of the molecule is O=CN1CCC[C@H]1C(=O)N[C@@H](c1ccccc1)[C@@H](NC(=O)[C@@H]1CCCN1C=O)c1ccccc1. The second kappa shape index (κ2) is 11.0. The molecule has 0 aromatic heterocycles. The summed E-state index contributed by atoms with van der Waals surface area (Å²) < 4.78 is 0. The molecule has 0 spiro atoms. The quantitative estimate of drug-likeness (QED) is 0.557. The van der Waals surface area contributed by atoms with Gasteiger partial charge in [0.15, 0.2) is 0 Å². The minimum Gasteiger partial charge on any atom is -0.345 e. The van der Waals surface area contributed by atoms with Gasteiger partial charge < -0.3 is 20.4 Å². The first-order valence-corrected chi connectivity index (χ1v) is 11.7. The Balaban J connectivity index is 1.66. The molecule has 2 aliphatic rings. The minimum absolute atomic E-state index is 0.246.